The minimum atomic E-state index is -0.134. The molecule has 0 heterocycles. The summed E-state index contributed by atoms with van der Waals surface area (Å²) in [5, 5.41) is 2.61. The largest absolute Gasteiger partial charge is 0.352 e. The molecule has 0 rings (SSSR count). The van der Waals surface area contributed by atoms with Gasteiger partial charge in [-0.25, -0.2) is 0 Å². The number of nitrogens with one attached hydrogen (secondary N) is 1. The van der Waals surface area contributed by atoms with Crippen LogP contribution < -0.4 is 5.32 Å². The molecule has 0 aromatic carbocycles. The van der Waals surface area contributed by atoms with Crippen LogP contribution in [-0.2, 0) is 4.79 Å². The van der Waals surface area contributed by atoms with Gasteiger partial charge in [0.25, 0.3) is 0 Å². The molecule has 0 aromatic heterocycles. The molecule has 0 saturated heterocycles. The van der Waals surface area contributed by atoms with Crippen molar-refractivity contribution in [2.75, 3.05) is 6.54 Å². The Kier molecular flexibility index (Phi) is 3.76. The second-order valence-electron chi connectivity index (χ2n) is 2.05. The Morgan fingerprint density at radius 2 is 2.44 bits per heavy atom. The zero-order valence-corrected chi connectivity index (χ0v) is 5.68. The molecule has 1 atom stereocenters. The number of amides is 1. The van der Waals surface area contributed by atoms with Crippen LogP contribution in [0.3, 0.4) is 0 Å². The van der Waals surface area contributed by atoms with Gasteiger partial charge in [0.2, 0.25) is 5.91 Å². The minimum Gasteiger partial charge on any atom is -0.352 e. The average Bonchev–Trinajstić information content (AvgIpc) is 1.83. The van der Waals surface area contributed by atoms with Crippen LogP contribution in [0, 0.1) is 12.8 Å². The lowest BCUT2D eigenvalue weighted by Gasteiger charge is -2.03. The van der Waals surface area contributed by atoms with Gasteiger partial charge in [0.15, 0.2) is 0 Å². The molecular weight excluding hydrogens is 114 g/mol. The van der Waals surface area contributed by atoms with E-state index >= 15 is 0 Å². The quantitative estimate of drug-likeness (QED) is 0.556. The van der Waals surface area contributed by atoms with Gasteiger partial charge < -0.3 is 5.32 Å². The molecule has 0 bridgehead atoms. The summed E-state index contributed by atoms with van der Waals surface area (Å²) in [5.41, 5.74) is 0. The van der Waals surface area contributed by atoms with Crippen molar-refractivity contribution in [3.63, 3.8) is 0 Å². The maximum atomic E-state index is 10.5. The van der Waals surface area contributed by atoms with Gasteiger partial charge in [0, 0.05) is 6.54 Å². The van der Waals surface area contributed by atoms with E-state index < -0.39 is 0 Å². The van der Waals surface area contributed by atoms with Crippen molar-refractivity contribution in [2.24, 2.45) is 5.92 Å². The zero-order valence-electron chi connectivity index (χ0n) is 5.68. The molecule has 1 unspecified atom stereocenters. The van der Waals surface area contributed by atoms with Crippen LogP contribution >= 0.6 is 0 Å². The highest BCUT2D eigenvalue weighted by atomic mass is 16.1. The first-order valence-corrected chi connectivity index (χ1v) is 2.90. The minimum absolute atomic E-state index is 0.134. The second-order valence-corrected chi connectivity index (χ2v) is 2.05. The summed E-state index contributed by atoms with van der Waals surface area (Å²) in [6, 6.07) is 0. The summed E-state index contributed by atoms with van der Waals surface area (Å²) in [6.07, 6.45) is 1.25. The SMILES string of the molecule is [CH2]C(C)CNC(=O)C=C. The van der Waals surface area contributed by atoms with E-state index in [0.29, 0.717) is 6.54 Å². The number of carbonyl (C=O) groups is 1. The van der Waals surface area contributed by atoms with Crippen LogP contribution in [-0.4, -0.2) is 12.5 Å². The Bertz CT molecular complexity index is 107. The van der Waals surface area contributed by atoms with Gasteiger partial charge in [0.1, 0.15) is 0 Å². The zero-order chi connectivity index (χ0) is 7.28. The second kappa shape index (κ2) is 4.13. The molecule has 1 N–H and O–H groups in total. The van der Waals surface area contributed by atoms with Gasteiger partial charge >= 0.3 is 0 Å². The normalized spacial score (nSPS) is 9.22. The highest BCUT2D eigenvalue weighted by molar-refractivity contribution is 5.86. The molecule has 0 aliphatic carbocycles. The third-order valence-corrected chi connectivity index (χ3v) is 0.810. The molecule has 1 radical (unpaired) electrons. The Morgan fingerprint density at radius 1 is 1.89 bits per heavy atom. The molecule has 0 aliphatic heterocycles. The lowest BCUT2D eigenvalue weighted by atomic mass is 10.2. The van der Waals surface area contributed by atoms with E-state index in [2.05, 4.69) is 18.8 Å². The summed E-state index contributed by atoms with van der Waals surface area (Å²) >= 11 is 0. The fraction of sp³-hybridized carbons (Fsp3) is 0.429. The average molecular weight is 126 g/mol. The van der Waals surface area contributed by atoms with Crippen LogP contribution in [0.15, 0.2) is 12.7 Å². The Morgan fingerprint density at radius 3 is 2.78 bits per heavy atom. The van der Waals surface area contributed by atoms with E-state index in [0.717, 1.165) is 0 Å². The third kappa shape index (κ3) is 5.07. The topological polar surface area (TPSA) is 29.1 Å². The van der Waals surface area contributed by atoms with Crippen molar-refractivity contribution in [3.8, 4) is 0 Å². The molecule has 9 heavy (non-hydrogen) atoms. The number of rotatable bonds is 3. The summed E-state index contributed by atoms with van der Waals surface area (Å²) in [4.78, 5) is 10.5. The number of hydrogen-bond acceptors (Lipinski definition) is 1. The molecule has 1 amide bonds. The fourth-order valence-electron chi connectivity index (χ4n) is 0.347. The molecular formula is C7H12NO. The van der Waals surface area contributed by atoms with Crippen molar-refractivity contribution >= 4 is 5.91 Å². The van der Waals surface area contributed by atoms with Gasteiger partial charge in [-0.05, 0) is 18.9 Å². The lowest BCUT2D eigenvalue weighted by molar-refractivity contribution is -0.116. The first-order valence-electron chi connectivity index (χ1n) is 2.90. The van der Waals surface area contributed by atoms with Crippen LogP contribution in [0.1, 0.15) is 6.92 Å². The highest BCUT2D eigenvalue weighted by Gasteiger charge is 1.94. The predicted octanol–water partition coefficient (Wildman–Crippen LogP) is 0.759. The van der Waals surface area contributed by atoms with Crippen LogP contribution in [0.25, 0.3) is 0 Å². The molecule has 2 nitrogen and oxygen atoms in total. The lowest BCUT2D eigenvalue weighted by Crippen LogP contribution is -2.25. The molecule has 0 spiro atoms. The predicted molar refractivity (Wildman–Crippen MR) is 37.7 cm³/mol. The van der Waals surface area contributed by atoms with E-state index in [1.807, 2.05) is 6.92 Å². The summed E-state index contributed by atoms with van der Waals surface area (Å²) in [7, 11) is 0. The van der Waals surface area contributed by atoms with E-state index in [4.69, 9.17) is 0 Å². The maximum Gasteiger partial charge on any atom is 0.243 e. The fourth-order valence-corrected chi connectivity index (χ4v) is 0.347. The summed E-state index contributed by atoms with van der Waals surface area (Å²) in [5.74, 6) is 0.124. The number of carbonyl (C=O) groups excluding carboxylic acids is 1. The van der Waals surface area contributed by atoms with Crippen molar-refractivity contribution in [2.45, 2.75) is 6.92 Å². The third-order valence-electron chi connectivity index (χ3n) is 0.810. The smallest absolute Gasteiger partial charge is 0.243 e. The Hall–Kier alpha value is -0.790. The van der Waals surface area contributed by atoms with Gasteiger partial charge in [0.05, 0.1) is 0 Å². The van der Waals surface area contributed by atoms with Gasteiger partial charge in [-0.15, -0.1) is 0 Å². The van der Waals surface area contributed by atoms with Crippen molar-refractivity contribution < 1.29 is 4.79 Å². The van der Waals surface area contributed by atoms with Crippen LogP contribution in [0.2, 0.25) is 0 Å². The summed E-state index contributed by atoms with van der Waals surface area (Å²) in [6.45, 7) is 9.55. The first-order chi connectivity index (χ1) is 4.16. The molecule has 0 fully saturated rings. The van der Waals surface area contributed by atoms with Crippen molar-refractivity contribution in [1.82, 2.24) is 5.32 Å². The molecule has 2 heteroatoms. The van der Waals surface area contributed by atoms with Crippen molar-refractivity contribution in [1.29, 1.82) is 0 Å². The van der Waals surface area contributed by atoms with Crippen LogP contribution in [0.4, 0.5) is 0 Å². The standard InChI is InChI=1S/C7H12NO/c1-4-7(9)8-5-6(2)3/h4,6H,1-2,5H2,3H3,(H,8,9). The van der Waals surface area contributed by atoms with Gasteiger partial charge in [-0.2, -0.15) is 0 Å². The maximum absolute atomic E-state index is 10.5. The van der Waals surface area contributed by atoms with E-state index in [1.54, 1.807) is 0 Å². The summed E-state index contributed by atoms with van der Waals surface area (Å²) < 4.78 is 0. The molecule has 51 valence electrons. The van der Waals surface area contributed by atoms with Gasteiger partial charge in [-0.1, -0.05) is 13.5 Å². The molecule has 0 aliphatic rings. The van der Waals surface area contributed by atoms with Gasteiger partial charge in [-0.3, -0.25) is 4.79 Å². The Balaban J connectivity index is 3.27. The molecule has 0 aromatic rings. The Labute approximate surface area is 56.0 Å². The monoisotopic (exact) mass is 126 g/mol. The highest BCUT2D eigenvalue weighted by Crippen LogP contribution is 1.85. The van der Waals surface area contributed by atoms with E-state index in [-0.39, 0.29) is 11.8 Å². The van der Waals surface area contributed by atoms with E-state index in [9.17, 15) is 4.79 Å². The molecule has 0 saturated carbocycles. The first kappa shape index (κ1) is 8.21. The van der Waals surface area contributed by atoms with Crippen molar-refractivity contribution in [3.05, 3.63) is 19.6 Å². The number of hydrogen-bond donors (Lipinski definition) is 1. The van der Waals surface area contributed by atoms with Crippen LogP contribution in [0.5, 0.6) is 0 Å². The van der Waals surface area contributed by atoms with E-state index in [1.165, 1.54) is 6.08 Å².